The monoisotopic (exact) mass is 187 g/mol. The van der Waals surface area contributed by atoms with Crippen LogP contribution in [0.25, 0.3) is 0 Å². The van der Waals surface area contributed by atoms with Gasteiger partial charge < -0.3 is 14.7 Å². The van der Waals surface area contributed by atoms with Gasteiger partial charge in [0.25, 0.3) is 0 Å². The molecule has 0 radical (unpaired) electrons. The predicted octanol–water partition coefficient (Wildman–Crippen LogP) is -0.293. The SMILES string of the molecule is CC1CN(C(=O)C(=O)O)CC(C)O1. The molecule has 0 saturated carbocycles. The Balaban J connectivity index is 2.60. The summed E-state index contributed by atoms with van der Waals surface area (Å²) in [6, 6.07) is 0. The summed E-state index contributed by atoms with van der Waals surface area (Å²) in [4.78, 5) is 22.7. The Kier molecular flexibility index (Phi) is 2.87. The number of carbonyl (C=O) groups is 2. The van der Waals surface area contributed by atoms with Crippen molar-refractivity contribution in [3.8, 4) is 0 Å². The van der Waals surface area contributed by atoms with E-state index >= 15 is 0 Å². The van der Waals surface area contributed by atoms with Gasteiger partial charge in [-0.2, -0.15) is 0 Å². The van der Waals surface area contributed by atoms with Gasteiger partial charge in [-0.15, -0.1) is 0 Å². The number of carboxylic acids is 1. The Morgan fingerprint density at radius 2 is 1.77 bits per heavy atom. The van der Waals surface area contributed by atoms with Crippen LogP contribution in [0.5, 0.6) is 0 Å². The third-order valence-electron chi connectivity index (χ3n) is 1.89. The fraction of sp³-hybridized carbons (Fsp3) is 0.750. The van der Waals surface area contributed by atoms with Gasteiger partial charge in [0.1, 0.15) is 0 Å². The molecule has 5 heteroatoms. The lowest BCUT2D eigenvalue weighted by molar-refractivity contribution is -0.161. The molecular weight excluding hydrogens is 174 g/mol. The third-order valence-corrected chi connectivity index (χ3v) is 1.89. The van der Waals surface area contributed by atoms with Crippen LogP contribution in [0.15, 0.2) is 0 Å². The van der Waals surface area contributed by atoms with E-state index in [0.29, 0.717) is 13.1 Å². The van der Waals surface area contributed by atoms with Crippen molar-refractivity contribution in [2.75, 3.05) is 13.1 Å². The molecule has 0 spiro atoms. The predicted molar refractivity (Wildman–Crippen MR) is 44.2 cm³/mol. The maximum Gasteiger partial charge on any atom is 0.394 e. The highest BCUT2D eigenvalue weighted by atomic mass is 16.5. The number of hydrogen-bond acceptors (Lipinski definition) is 3. The van der Waals surface area contributed by atoms with E-state index in [9.17, 15) is 9.59 Å². The molecule has 0 aromatic heterocycles. The minimum Gasteiger partial charge on any atom is -0.474 e. The first kappa shape index (κ1) is 9.98. The van der Waals surface area contributed by atoms with Crippen molar-refractivity contribution in [3.63, 3.8) is 0 Å². The average Bonchev–Trinajstić information content (AvgIpc) is 2.01. The van der Waals surface area contributed by atoms with Crippen molar-refractivity contribution in [2.45, 2.75) is 26.1 Å². The summed E-state index contributed by atoms with van der Waals surface area (Å²) in [6.45, 7) is 4.35. The largest absolute Gasteiger partial charge is 0.474 e. The number of morpholine rings is 1. The molecule has 13 heavy (non-hydrogen) atoms. The molecule has 2 atom stereocenters. The fourth-order valence-electron chi connectivity index (χ4n) is 1.48. The van der Waals surface area contributed by atoms with E-state index in [1.165, 1.54) is 4.90 Å². The molecule has 1 rings (SSSR count). The van der Waals surface area contributed by atoms with Crippen molar-refractivity contribution in [2.24, 2.45) is 0 Å². The van der Waals surface area contributed by atoms with Crippen molar-refractivity contribution < 1.29 is 19.4 Å². The maximum absolute atomic E-state index is 11.1. The molecule has 1 saturated heterocycles. The summed E-state index contributed by atoms with van der Waals surface area (Å²) in [7, 11) is 0. The van der Waals surface area contributed by atoms with E-state index in [-0.39, 0.29) is 12.2 Å². The highest BCUT2D eigenvalue weighted by Crippen LogP contribution is 2.10. The summed E-state index contributed by atoms with van der Waals surface area (Å²) >= 11 is 0. The topological polar surface area (TPSA) is 66.8 Å². The highest BCUT2D eigenvalue weighted by molar-refractivity contribution is 6.31. The Hall–Kier alpha value is -1.10. The Labute approximate surface area is 76.3 Å². The molecule has 0 aromatic rings. The summed E-state index contributed by atoms with van der Waals surface area (Å²) < 4.78 is 5.36. The Morgan fingerprint density at radius 1 is 1.31 bits per heavy atom. The quantitative estimate of drug-likeness (QED) is 0.529. The van der Waals surface area contributed by atoms with E-state index in [2.05, 4.69) is 0 Å². The van der Waals surface area contributed by atoms with E-state index in [4.69, 9.17) is 9.84 Å². The molecule has 5 nitrogen and oxygen atoms in total. The molecule has 0 aliphatic carbocycles. The van der Waals surface area contributed by atoms with Crippen LogP contribution in [-0.2, 0) is 14.3 Å². The van der Waals surface area contributed by atoms with Crippen molar-refractivity contribution in [1.29, 1.82) is 0 Å². The summed E-state index contributed by atoms with van der Waals surface area (Å²) in [5.41, 5.74) is 0. The standard InChI is InChI=1S/C8H13NO4/c1-5-3-9(4-6(2)13-5)7(10)8(11)12/h5-6H,3-4H2,1-2H3,(H,11,12). The minimum atomic E-state index is -1.40. The first-order valence-corrected chi connectivity index (χ1v) is 4.18. The summed E-state index contributed by atoms with van der Waals surface area (Å²) in [5, 5.41) is 8.47. The van der Waals surface area contributed by atoms with E-state index in [0.717, 1.165) is 0 Å². The van der Waals surface area contributed by atoms with E-state index < -0.39 is 11.9 Å². The van der Waals surface area contributed by atoms with Crippen LogP contribution >= 0.6 is 0 Å². The highest BCUT2D eigenvalue weighted by Gasteiger charge is 2.29. The molecule has 74 valence electrons. The molecule has 1 aliphatic heterocycles. The maximum atomic E-state index is 11.1. The van der Waals surface area contributed by atoms with Crippen molar-refractivity contribution in [3.05, 3.63) is 0 Å². The molecule has 1 amide bonds. The van der Waals surface area contributed by atoms with Gasteiger partial charge in [0, 0.05) is 13.1 Å². The van der Waals surface area contributed by atoms with Crippen LogP contribution in [0.4, 0.5) is 0 Å². The molecule has 2 unspecified atom stereocenters. The molecular formula is C8H13NO4. The van der Waals surface area contributed by atoms with Gasteiger partial charge in [0.15, 0.2) is 0 Å². The second-order valence-corrected chi connectivity index (χ2v) is 3.27. The van der Waals surface area contributed by atoms with Crippen LogP contribution in [0.3, 0.4) is 0 Å². The number of aliphatic carboxylic acids is 1. The second-order valence-electron chi connectivity index (χ2n) is 3.27. The van der Waals surface area contributed by atoms with Gasteiger partial charge in [-0.25, -0.2) is 4.79 Å². The molecule has 1 fully saturated rings. The fourth-order valence-corrected chi connectivity index (χ4v) is 1.48. The normalized spacial score (nSPS) is 28.6. The minimum absolute atomic E-state index is 0.0907. The first-order chi connectivity index (χ1) is 6.00. The number of ether oxygens (including phenoxy) is 1. The number of nitrogens with zero attached hydrogens (tertiary/aromatic N) is 1. The van der Waals surface area contributed by atoms with Crippen LogP contribution in [-0.4, -0.2) is 47.2 Å². The van der Waals surface area contributed by atoms with E-state index in [1.54, 1.807) is 0 Å². The van der Waals surface area contributed by atoms with Crippen LogP contribution in [0.2, 0.25) is 0 Å². The zero-order valence-electron chi connectivity index (χ0n) is 7.69. The average molecular weight is 187 g/mol. The molecule has 1 aliphatic rings. The van der Waals surface area contributed by atoms with Gasteiger partial charge in [-0.1, -0.05) is 0 Å². The smallest absolute Gasteiger partial charge is 0.394 e. The van der Waals surface area contributed by atoms with Gasteiger partial charge >= 0.3 is 11.9 Å². The second kappa shape index (κ2) is 3.74. The lowest BCUT2D eigenvalue weighted by Gasteiger charge is -2.34. The number of rotatable bonds is 0. The summed E-state index contributed by atoms with van der Waals surface area (Å²) in [6.07, 6.45) is -0.181. The number of amides is 1. The molecule has 1 heterocycles. The van der Waals surface area contributed by atoms with Gasteiger partial charge in [-0.05, 0) is 13.8 Å². The van der Waals surface area contributed by atoms with Crippen molar-refractivity contribution in [1.82, 2.24) is 4.90 Å². The van der Waals surface area contributed by atoms with Gasteiger partial charge in [0.05, 0.1) is 12.2 Å². The third kappa shape index (κ3) is 2.42. The molecule has 0 bridgehead atoms. The van der Waals surface area contributed by atoms with Gasteiger partial charge in [0.2, 0.25) is 0 Å². The molecule has 1 N–H and O–H groups in total. The first-order valence-electron chi connectivity index (χ1n) is 4.18. The van der Waals surface area contributed by atoms with Crippen LogP contribution < -0.4 is 0 Å². The van der Waals surface area contributed by atoms with Gasteiger partial charge in [-0.3, -0.25) is 4.79 Å². The van der Waals surface area contributed by atoms with Crippen molar-refractivity contribution >= 4 is 11.9 Å². The number of hydrogen-bond donors (Lipinski definition) is 1. The lowest BCUT2D eigenvalue weighted by Crippen LogP contribution is -2.50. The molecule has 0 aromatic carbocycles. The number of carboxylic acid groups (broad SMARTS) is 1. The van der Waals surface area contributed by atoms with E-state index in [1.807, 2.05) is 13.8 Å². The van der Waals surface area contributed by atoms with Crippen LogP contribution in [0, 0.1) is 0 Å². The summed E-state index contributed by atoms with van der Waals surface area (Å²) in [5.74, 6) is -2.25. The Bertz CT molecular complexity index is 218. The van der Waals surface area contributed by atoms with Crippen LogP contribution in [0.1, 0.15) is 13.8 Å². The Morgan fingerprint density at radius 3 is 2.15 bits per heavy atom. The zero-order chi connectivity index (χ0) is 10.0. The zero-order valence-corrected chi connectivity index (χ0v) is 7.69. The number of carbonyl (C=O) groups excluding carboxylic acids is 1. The lowest BCUT2D eigenvalue weighted by atomic mass is 10.2.